The Labute approximate surface area is 123 Å². The molecule has 0 bridgehead atoms. The first-order chi connectivity index (χ1) is 9.47. The average molecular weight is 275 g/mol. The fraction of sp³-hybridized carbons (Fsp3) is 0.706. The molecule has 1 N–H and O–H groups in total. The van der Waals surface area contributed by atoms with Crippen molar-refractivity contribution in [1.82, 2.24) is 15.2 Å². The van der Waals surface area contributed by atoms with Crippen molar-refractivity contribution in [2.45, 2.75) is 46.6 Å². The Bertz CT molecular complexity index is 433. The van der Waals surface area contributed by atoms with Gasteiger partial charge in [0, 0.05) is 24.0 Å². The molecule has 0 radical (unpaired) electrons. The van der Waals surface area contributed by atoms with Crippen LogP contribution >= 0.6 is 0 Å². The molecule has 2 rings (SSSR count). The van der Waals surface area contributed by atoms with E-state index in [0.29, 0.717) is 6.04 Å². The first-order valence-corrected chi connectivity index (χ1v) is 7.84. The molecular weight excluding hydrogens is 246 g/mol. The number of likely N-dealkylation sites (tertiary alicyclic amines) is 1. The smallest absolute Gasteiger partial charge is 0.0426 e. The zero-order valence-electron chi connectivity index (χ0n) is 13.7. The molecule has 1 fully saturated rings. The maximum atomic E-state index is 4.61. The first-order valence-electron chi connectivity index (χ1n) is 7.84. The van der Waals surface area contributed by atoms with Crippen LogP contribution in [0.2, 0.25) is 0 Å². The van der Waals surface area contributed by atoms with Gasteiger partial charge < -0.3 is 10.2 Å². The summed E-state index contributed by atoms with van der Waals surface area (Å²) in [6.45, 7) is 12.2. The molecule has 0 spiro atoms. The van der Waals surface area contributed by atoms with E-state index in [-0.39, 0.29) is 0 Å². The van der Waals surface area contributed by atoms with Crippen molar-refractivity contribution in [3.63, 3.8) is 0 Å². The summed E-state index contributed by atoms with van der Waals surface area (Å²) in [6.07, 6.45) is 2.69. The third-order valence-corrected chi connectivity index (χ3v) is 4.45. The summed E-state index contributed by atoms with van der Waals surface area (Å²) in [7, 11) is 2.23. The molecule has 2 atom stereocenters. The second kappa shape index (κ2) is 6.68. The Balaban J connectivity index is 1.96. The van der Waals surface area contributed by atoms with E-state index in [0.717, 1.165) is 18.2 Å². The molecular formula is C17H29N3. The predicted molar refractivity (Wildman–Crippen MR) is 85.1 cm³/mol. The molecule has 1 aromatic heterocycles. The summed E-state index contributed by atoms with van der Waals surface area (Å²) in [6, 6.07) is 2.57. The lowest BCUT2D eigenvalue weighted by Crippen LogP contribution is -2.38. The molecule has 0 saturated carbocycles. The van der Waals surface area contributed by atoms with Gasteiger partial charge in [-0.1, -0.05) is 0 Å². The summed E-state index contributed by atoms with van der Waals surface area (Å²) in [5.74, 6) is 0.787. The van der Waals surface area contributed by atoms with Crippen LogP contribution < -0.4 is 5.32 Å². The molecule has 112 valence electrons. The van der Waals surface area contributed by atoms with E-state index in [9.17, 15) is 0 Å². The van der Waals surface area contributed by atoms with Gasteiger partial charge in [0.15, 0.2) is 0 Å². The van der Waals surface area contributed by atoms with Crippen molar-refractivity contribution < 1.29 is 0 Å². The average Bonchev–Trinajstić information content (AvgIpc) is 2.35. The van der Waals surface area contributed by atoms with Crippen molar-refractivity contribution in [1.29, 1.82) is 0 Å². The number of aryl methyl sites for hydroxylation is 3. The largest absolute Gasteiger partial charge is 0.310 e. The van der Waals surface area contributed by atoms with E-state index in [2.05, 4.69) is 56.0 Å². The molecule has 3 heteroatoms. The highest BCUT2D eigenvalue weighted by atomic mass is 15.1. The SMILES string of the molecule is Cc1cc(C)c(C(C)NCC2CCCN(C)C2)c(C)n1. The summed E-state index contributed by atoms with van der Waals surface area (Å²) < 4.78 is 0. The van der Waals surface area contributed by atoms with Crippen LogP contribution in [0.1, 0.15) is 48.3 Å². The third-order valence-electron chi connectivity index (χ3n) is 4.45. The minimum atomic E-state index is 0.385. The van der Waals surface area contributed by atoms with Crippen LogP contribution in [-0.4, -0.2) is 36.6 Å². The van der Waals surface area contributed by atoms with Crippen molar-refractivity contribution >= 4 is 0 Å². The first kappa shape index (κ1) is 15.5. The molecule has 1 aromatic rings. The normalized spacial score (nSPS) is 21.9. The number of nitrogens with one attached hydrogen (secondary N) is 1. The van der Waals surface area contributed by atoms with Crippen LogP contribution in [0, 0.1) is 26.7 Å². The second-order valence-corrected chi connectivity index (χ2v) is 6.48. The monoisotopic (exact) mass is 275 g/mol. The molecule has 20 heavy (non-hydrogen) atoms. The maximum absolute atomic E-state index is 4.61. The molecule has 1 aliphatic heterocycles. The fourth-order valence-electron chi connectivity index (χ4n) is 3.57. The lowest BCUT2D eigenvalue weighted by atomic mass is 9.96. The highest BCUT2D eigenvalue weighted by molar-refractivity contribution is 5.33. The van der Waals surface area contributed by atoms with Crippen LogP contribution in [0.5, 0.6) is 0 Å². The summed E-state index contributed by atoms with van der Waals surface area (Å²) in [4.78, 5) is 7.06. The minimum Gasteiger partial charge on any atom is -0.310 e. The van der Waals surface area contributed by atoms with Crippen LogP contribution in [-0.2, 0) is 0 Å². The van der Waals surface area contributed by atoms with Gasteiger partial charge in [-0.15, -0.1) is 0 Å². The minimum absolute atomic E-state index is 0.385. The van der Waals surface area contributed by atoms with E-state index in [4.69, 9.17) is 0 Å². The Kier molecular flexibility index (Phi) is 5.17. The Hall–Kier alpha value is -0.930. The third kappa shape index (κ3) is 3.80. The van der Waals surface area contributed by atoms with Crippen LogP contribution in [0.3, 0.4) is 0 Å². The Morgan fingerprint density at radius 1 is 1.40 bits per heavy atom. The number of hydrogen-bond donors (Lipinski definition) is 1. The molecule has 1 aliphatic rings. The Morgan fingerprint density at radius 2 is 2.15 bits per heavy atom. The molecule has 1 saturated heterocycles. The Morgan fingerprint density at radius 3 is 2.80 bits per heavy atom. The quantitative estimate of drug-likeness (QED) is 0.915. The summed E-state index contributed by atoms with van der Waals surface area (Å²) in [5.41, 5.74) is 5.02. The number of piperidine rings is 1. The van der Waals surface area contributed by atoms with Crippen LogP contribution in [0.4, 0.5) is 0 Å². The highest BCUT2D eigenvalue weighted by Crippen LogP contribution is 2.22. The fourth-order valence-corrected chi connectivity index (χ4v) is 3.57. The molecule has 2 unspecified atom stereocenters. The lowest BCUT2D eigenvalue weighted by molar-refractivity contribution is 0.203. The zero-order chi connectivity index (χ0) is 14.7. The number of hydrogen-bond acceptors (Lipinski definition) is 3. The molecule has 0 amide bonds. The molecule has 0 aromatic carbocycles. The van der Waals surface area contributed by atoms with Crippen molar-refractivity contribution in [2.24, 2.45) is 5.92 Å². The second-order valence-electron chi connectivity index (χ2n) is 6.48. The predicted octanol–water partition coefficient (Wildman–Crippen LogP) is 3.00. The van der Waals surface area contributed by atoms with Crippen molar-refractivity contribution in [3.8, 4) is 0 Å². The molecule has 0 aliphatic carbocycles. The van der Waals surface area contributed by atoms with E-state index in [1.165, 1.54) is 42.8 Å². The van der Waals surface area contributed by atoms with Gasteiger partial charge in [-0.25, -0.2) is 0 Å². The molecule has 3 nitrogen and oxygen atoms in total. The van der Waals surface area contributed by atoms with Gasteiger partial charge in [-0.3, -0.25) is 4.98 Å². The number of aromatic nitrogens is 1. The van der Waals surface area contributed by atoms with Crippen molar-refractivity contribution in [2.75, 3.05) is 26.7 Å². The molecule has 2 heterocycles. The lowest BCUT2D eigenvalue weighted by Gasteiger charge is -2.31. The summed E-state index contributed by atoms with van der Waals surface area (Å²) >= 11 is 0. The zero-order valence-corrected chi connectivity index (χ0v) is 13.7. The van der Waals surface area contributed by atoms with Gasteiger partial charge in [0.25, 0.3) is 0 Å². The van der Waals surface area contributed by atoms with E-state index >= 15 is 0 Å². The number of nitrogens with zero attached hydrogens (tertiary/aromatic N) is 2. The van der Waals surface area contributed by atoms with E-state index < -0.39 is 0 Å². The standard InChI is InChI=1S/C17H29N3/c1-12-9-13(2)19-15(4)17(12)14(3)18-10-16-7-6-8-20(5)11-16/h9,14,16,18H,6-8,10-11H2,1-5H3. The van der Waals surface area contributed by atoms with Gasteiger partial charge >= 0.3 is 0 Å². The van der Waals surface area contributed by atoms with Gasteiger partial charge in [0.1, 0.15) is 0 Å². The number of pyridine rings is 1. The van der Waals surface area contributed by atoms with Crippen LogP contribution in [0.25, 0.3) is 0 Å². The van der Waals surface area contributed by atoms with E-state index in [1.54, 1.807) is 0 Å². The van der Waals surface area contributed by atoms with Crippen molar-refractivity contribution in [3.05, 3.63) is 28.6 Å². The summed E-state index contributed by atoms with van der Waals surface area (Å²) in [5, 5.41) is 3.72. The highest BCUT2D eigenvalue weighted by Gasteiger charge is 2.19. The van der Waals surface area contributed by atoms with E-state index in [1.807, 2.05) is 0 Å². The van der Waals surface area contributed by atoms with Crippen LogP contribution in [0.15, 0.2) is 6.07 Å². The van der Waals surface area contributed by atoms with Gasteiger partial charge in [-0.2, -0.15) is 0 Å². The maximum Gasteiger partial charge on any atom is 0.0426 e. The topological polar surface area (TPSA) is 28.2 Å². The van der Waals surface area contributed by atoms with Gasteiger partial charge in [0.05, 0.1) is 0 Å². The van der Waals surface area contributed by atoms with Gasteiger partial charge in [-0.05, 0) is 83.8 Å². The number of rotatable bonds is 4. The van der Waals surface area contributed by atoms with Gasteiger partial charge in [0.2, 0.25) is 0 Å².